The fraction of sp³-hybridized carbons (Fsp3) is 0.682. The van der Waals surface area contributed by atoms with Crippen LogP contribution in [0.15, 0.2) is 29.3 Å². The Morgan fingerprint density at radius 3 is 2.64 bits per heavy atom. The second-order valence-electron chi connectivity index (χ2n) is 8.09. The molecule has 3 rings (SSSR count). The maximum absolute atomic E-state index is 12.2. The van der Waals surface area contributed by atoms with Gasteiger partial charge >= 0.3 is 0 Å². The van der Waals surface area contributed by atoms with E-state index in [2.05, 4.69) is 48.7 Å². The lowest BCUT2D eigenvalue weighted by Gasteiger charge is -2.30. The molecule has 6 heteroatoms. The van der Waals surface area contributed by atoms with Crippen LogP contribution in [0.1, 0.15) is 63.5 Å². The van der Waals surface area contributed by atoms with Crippen molar-refractivity contribution in [3.63, 3.8) is 0 Å². The number of benzene rings is 1. The van der Waals surface area contributed by atoms with Gasteiger partial charge in [-0.2, -0.15) is 0 Å². The number of guanidine groups is 1. The molecular formula is C22H36IN3OS. The molecule has 2 saturated carbocycles. The smallest absolute Gasteiger partial charge is 0.191 e. The van der Waals surface area contributed by atoms with E-state index in [1.165, 1.54) is 24.0 Å². The number of nitrogens with one attached hydrogen (secondary N) is 2. The second-order valence-corrected chi connectivity index (χ2v) is 10.1. The molecule has 3 unspecified atom stereocenters. The first kappa shape index (κ1) is 23.6. The Labute approximate surface area is 190 Å². The average Bonchev–Trinajstić information content (AvgIpc) is 3.47. The molecule has 1 aromatic rings. The minimum Gasteiger partial charge on any atom is -0.357 e. The summed E-state index contributed by atoms with van der Waals surface area (Å²) < 4.78 is 12.2. The Morgan fingerprint density at radius 1 is 1.25 bits per heavy atom. The minimum absolute atomic E-state index is 0. The summed E-state index contributed by atoms with van der Waals surface area (Å²) in [5.41, 5.74) is 3.06. The van der Waals surface area contributed by atoms with Crippen molar-refractivity contribution in [3.8, 4) is 0 Å². The molecule has 2 N–H and O–H groups in total. The number of aryl methyl sites for hydroxylation is 1. The molecule has 2 aliphatic rings. The molecule has 28 heavy (non-hydrogen) atoms. The molecule has 158 valence electrons. The molecular weight excluding hydrogens is 481 g/mol. The molecule has 2 fully saturated rings. The number of nitrogens with zero attached hydrogens (tertiary/aromatic N) is 1. The maximum atomic E-state index is 12.2. The molecule has 3 atom stereocenters. The highest BCUT2D eigenvalue weighted by molar-refractivity contribution is 14.0. The molecule has 1 aromatic carbocycles. The van der Waals surface area contributed by atoms with Crippen LogP contribution in [-0.4, -0.2) is 40.3 Å². The highest BCUT2D eigenvalue weighted by Crippen LogP contribution is 2.49. The summed E-state index contributed by atoms with van der Waals surface area (Å²) in [5.74, 6) is 1.69. The lowest BCUT2D eigenvalue weighted by Crippen LogP contribution is -2.47. The monoisotopic (exact) mass is 517 g/mol. The summed E-state index contributed by atoms with van der Waals surface area (Å²) in [6.45, 7) is 8.05. The number of rotatable bonds is 7. The average molecular weight is 518 g/mol. The summed E-state index contributed by atoms with van der Waals surface area (Å²) in [6, 6.07) is 9.11. The lowest BCUT2D eigenvalue weighted by atomic mass is 9.92. The van der Waals surface area contributed by atoms with Gasteiger partial charge in [0.15, 0.2) is 5.96 Å². The van der Waals surface area contributed by atoms with E-state index in [0.717, 1.165) is 50.5 Å². The van der Waals surface area contributed by atoms with E-state index in [1.807, 2.05) is 6.92 Å². The number of hydrogen-bond donors (Lipinski definition) is 2. The van der Waals surface area contributed by atoms with Gasteiger partial charge in [0.05, 0.1) is 6.54 Å². The van der Waals surface area contributed by atoms with Crippen molar-refractivity contribution in [2.24, 2.45) is 4.99 Å². The Balaban J connectivity index is 0.00000280. The highest BCUT2D eigenvalue weighted by atomic mass is 127. The van der Waals surface area contributed by atoms with Crippen LogP contribution in [0.5, 0.6) is 0 Å². The van der Waals surface area contributed by atoms with Crippen LogP contribution in [0.3, 0.4) is 0 Å². The summed E-state index contributed by atoms with van der Waals surface area (Å²) in [4.78, 5) is 4.97. The van der Waals surface area contributed by atoms with Gasteiger partial charge in [-0.25, -0.2) is 0 Å². The number of halogens is 1. The zero-order valence-electron chi connectivity index (χ0n) is 17.5. The molecule has 0 heterocycles. The van der Waals surface area contributed by atoms with Gasteiger partial charge in [0.2, 0.25) is 0 Å². The molecule has 0 radical (unpaired) electrons. The van der Waals surface area contributed by atoms with Crippen molar-refractivity contribution >= 4 is 40.7 Å². The van der Waals surface area contributed by atoms with Crippen molar-refractivity contribution in [2.45, 2.75) is 76.0 Å². The standard InChI is InChI=1S/C22H35N3OS.HI/c1-4-23-21(25-18-10-8-11-19(15-18)27(26)5-2)24-16-22(13-14-22)20-12-7-6-9-17(20)3;/h6-7,9,12,18-19H,4-5,8,10-11,13-16H2,1-3H3,(H2,23,24,25);1H. The van der Waals surface area contributed by atoms with Crippen LogP contribution in [0.4, 0.5) is 0 Å². The normalized spacial score (nSPS) is 24.8. The Kier molecular flexibility index (Phi) is 9.25. The summed E-state index contributed by atoms with van der Waals surface area (Å²) in [7, 11) is -0.688. The lowest BCUT2D eigenvalue weighted by molar-refractivity contribution is 0.413. The molecule has 4 nitrogen and oxygen atoms in total. The Morgan fingerprint density at radius 2 is 2.00 bits per heavy atom. The first-order chi connectivity index (χ1) is 13.1. The van der Waals surface area contributed by atoms with Gasteiger partial charge in [0, 0.05) is 39.8 Å². The summed E-state index contributed by atoms with van der Waals surface area (Å²) >= 11 is 0. The van der Waals surface area contributed by atoms with Crippen LogP contribution in [0.25, 0.3) is 0 Å². The van der Waals surface area contributed by atoms with Crippen molar-refractivity contribution in [1.29, 1.82) is 0 Å². The van der Waals surface area contributed by atoms with Crippen LogP contribution < -0.4 is 10.6 Å². The van der Waals surface area contributed by atoms with E-state index < -0.39 is 10.8 Å². The minimum atomic E-state index is -0.688. The Hall–Kier alpha value is -0.630. The van der Waals surface area contributed by atoms with Crippen molar-refractivity contribution in [1.82, 2.24) is 10.6 Å². The molecule has 0 aromatic heterocycles. The molecule has 2 aliphatic carbocycles. The number of hydrogen-bond acceptors (Lipinski definition) is 2. The van der Waals surface area contributed by atoms with Gasteiger partial charge in [0.25, 0.3) is 0 Å². The molecule has 0 bridgehead atoms. The largest absolute Gasteiger partial charge is 0.357 e. The van der Waals surface area contributed by atoms with Crippen LogP contribution in [0.2, 0.25) is 0 Å². The third-order valence-electron chi connectivity index (χ3n) is 6.08. The maximum Gasteiger partial charge on any atom is 0.191 e. The highest BCUT2D eigenvalue weighted by Gasteiger charge is 2.45. The van der Waals surface area contributed by atoms with E-state index in [-0.39, 0.29) is 29.4 Å². The molecule has 0 saturated heterocycles. The van der Waals surface area contributed by atoms with Crippen LogP contribution in [-0.2, 0) is 16.2 Å². The number of aliphatic imine (C=N–C) groups is 1. The van der Waals surface area contributed by atoms with Crippen molar-refractivity contribution < 1.29 is 4.21 Å². The SMILES string of the molecule is CCNC(=NCC1(c2ccccc2C)CC1)NC1CCCC(S(=O)CC)C1.I. The second kappa shape index (κ2) is 11.0. The van der Waals surface area contributed by atoms with Gasteiger partial charge in [-0.1, -0.05) is 37.6 Å². The van der Waals surface area contributed by atoms with Gasteiger partial charge in [-0.15, -0.1) is 24.0 Å². The van der Waals surface area contributed by atoms with E-state index in [4.69, 9.17) is 4.99 Å². The van der Waals surface area contributed by atoms with Crippen molar-refractivity contribution in [3.05, 3.63) is 35.4 Å². The topological polar surface area (TPSA) is 53.5 Å². The van der Waals surface area contributed by atoms with E-state index >= 15 is 0 Å². The predicted octanol–water partition coefficient (Wildman–Crippen LogP) is 4.28. The third kappa shape index (κ3) is 5.94. The van der Waals surface area contributed by atoms with E-state index in [0.29, 0.717) is 11.3 Å². The fourth-order valence-corrected chi connectivity index (χ4v) is 5.67. The molecule has 0 amide bonds. The fourth-order valence-electron chi connectivity index (χ4n) is 4.33. The summed E-state index contributed by atoms with van der Waals surface area (Å²) in [5, 5.41) is 7.39. The first-order valence-corrected chi connectivity index (χ1v) is 11.9. The summed E-state index contributed by atoms with van der Waals surface area (Å²) in [6.07, 6.45) is 6.84. The van der Waals surface area contributed by atoms with Gasteiger partial charge in [0.1, 0.15) is 0 Å². The van der Waals surface area contributed by atoms with Crippen molar-refractivity contribution in [2.75, 3.05) is 18.8 Å². The van der Waals surface area contributed by atoms with Gasteiger partial charge < -0.3 is 10.6 Å². The quantitative estimate of drug-likeness (QED) is 0.323. The van der Waals surface area contributed by atoms with Crippen LogP contribution in [0, 0.1) is 6.92 Å². The first-order valence-electron chi connectivity index (χ1n) is 10.6. The molecule has 0 spiro atoms. The third-order valence-corrected chi connectivity index (χ3v) is 7.82. The Bertz CT molecular complexity index is 690. The predicted molar refractivity (Wildman–Crippen MR) is 131 cm³/mol. The van der Waals surface area contributed by atoms with Crippen LogP contribution >= 0.6 is 24.0 Å². The van der Waals surface area contributed by atoms with E-state index in [1.54, 1.807) is 0 Å². The molecule has 0 aliphatic heterocycles. The van der Waals surface area contributed by atoms with Gasteiger partial charge in [-0.05, 0) is 57.1 Å². The zero-order chi connectivity index (χ0) is 19.3. The zero-order valence-corrected chi connectivity index (χ0v) is 20.6. The van der Waals surface area contributed by atoms with E-state index in [9.17, 15) is 4.21 Å². The van der Waals surface area contributed by atoms with Gasteiger partial charge in [-0.3, -0.25) is 9.20 Å².